The molecule has 3 heterocycles. The molecular formula is C22H29N7O2. The molecule has 2 aromatic heterocycles. The lowest BCUT2D eigenvalue weighted by atomic mass is 10.0. The zero-order valence-corrected chi connectivity index (χ0v) is 18.0. The molecule has 0 bridgehead atoms. The van der Waals surface area contributed by atoms with E-state index in [-0.39, 0.29) is 0 Å². The summed E-state index contributed by atoms with van der Waals surface area (Å²) in [5.74, 6) is 3.71. The van der Waals surface area contributed by atoms with Crippen LogP contribution >= 0.6 is 0 Å². The minimum Gasteiger partial charge on any atom is -0.497 e. The largest absolute Gasteiger partial charge is 0.497 e. The summed E-state index contributed by atoms with van der Waals surface area (Å²) in [6.07, 6.45) is 4.55. The van der Waals surface area contributed by atoms with Crippen molar-refractivity contribution in [2.45, 2.75) is 25.3 Å². The van der Waals surface area contributed by atoms with Crippen molar-refractivity contribution in [3.05, 3.63) is 48.5 Å². The number of aromatic amines is 1. The quantitative estimate of drug-likeness (QED) is 0.396. The van der Waals surface area contributed by atoms with E-state index in [9.17, 15) is 0 Å². The summed E-state index contributed by atoms with van der Waals surface area (Å²) in [7, 11) is 3.49. The van der Waals surface area contributed by atoms with E-state index in [0.717, 1.165) is 43.5 Å². The van der Waals surface area contributed by atoms with Crippen LogP contribution in [0.5, 0.6) is 5.75 Å². The maximum absolute atomic E-state index is 5.37. The zero-order valence-electron chi connectivity index (χ0n) is 18.0. The Balaban J connectivity index is 1.27. The number of aliphatic imine (C=N–C) groups is 1. The smallest absolute Gasteiger partial charge is 0.216 e. The Kier molecular flexibility index (Phi) is 6.71. The van der Waals surface area contributed by atoms with E-state index in [4.69, 9.17) is 9.15 Å². The second kappa shape index (κ2) is 10.0. The van der Waals surface area contributed by atoms with Crippen molar-refractivity contribution in [1.29, 1.82) is 0 Å². The summed E-state index contributed by atoms with van der Waals surface area (Å²) < 4.78 is 10.7. The van der Waals surface area contributed by atoms with Crippen LogP contribution in [0.25, 0.3) is 11.6 Å². The van der Waals surface area contributed by atoms with E-state index in [0.29, 0.717) is 30.6 Å². The van der Waals surface area contributed by atoms with E-state index >= 15 is 0 Å². The van der Waals surface area contributed by atoms with Crippen LogP contribution < -0.4 is 20.3 Å². The molecule has 0 radical (unpaired) electrons. The Labute approximate surface area is 181 Å². The van der Waals surface area contributed by atoms with Crippen molar-refractivity contribution < 1.29 is 9.15 Å². The van der Waals surface area contributed by atoms with Gasteiger partial charge in [0, 0.05) is 50.9 Å². The zero-order chi connectivity index (χ0) is 21.5. The van der Waals surface area contributed by atoms with Gasteiger partial charge in [-0.2, -0.15) is 5.10 Å². The molecule has 9 nitrogen and oxygen atoms in total. The third-order valence-corrected chi connectivity index (χ3v) is 5.33. The lowest BCUT2D eigenvalue weighted by molar-refractivity contribution is 0.414. The van der Waals surface area contributed by atoms with Crippen LogP contribution in [0.2, 0.25) is 0 Å². The predicted molar refractivity (Wildman–Crippen MR) is 121 cm³/mol. The number of rotatable bonds is 7. The van der Waals surface area contributed by atoms with Crippen LogP contribution in [0, 0.1) is 0 Å². The van der Waals surface area contributed by atoms with Gasteiger partial charge in [-0.3, -0.25) is 10.1 Å². The summed E-state index contributed by atoms with van der Waals surface area (Å²) in [5.41, 5.74) is 1.19. The van der Waals surface area contributed by atoms with E-state index in [1.165, 1.54) is 5.69 Å². The van der Waals surface area contributed by atoms with E-state index in [1.807, 2.05) is 24.3 Å². The number of anilines is 1. The number of piperidine rings is 1. The molecule has 1 unspecified atom stereocenters. The molecule has 31 heavy (non-hydrogen) atoms. The highest BCUT2D eigenvalue weighted by Gasteiger charge is 2.21. The minimum atomic E-state index is 0.321. The maximum atomic E-state index is 5.37. The van der Waals surface area contributed by atoms with Gasteiger partial charge in [0.15, 0.2) is 11.7 Å². The van der Waals surface area contributed by atoms with Crippen LogP contribution in [0.15, 0.2) is 52.1 Å². The average Bonchev–Trinajstić information content (AvgIpc) is 3.51. The van der Waals surface area contributed by atoms with Gasteiger partial charge in [-0.15, -0.1) is 0 Å². The number of H-pyrrole nitrogens is 1. The molecular weight excluding hydrogens is 394 g/mol. The number of aromatic nitrogens is 3. The monoisotopic (exact) mass is 423 g/mol. The summed E-state index contributed by atoms with van der Waals surface area (Å²) in [6.45, 7) is 2.65. The standard InChI is InChI=1S/C22H29N7O2/c1-23-22(24-11-10-20-26-21(28-27-20)19-9-5-13-31-19)25-16-6-4-12-29(15-16)17-7-3-8-18(14-17)30-2/h3,5,7-9,13-14,16H,4,6,10-12,15H2,1-2H3,(H2,23,24,25)(H,26,27,28). The molecule has 3 N–H and O–H groups in total. The summed E-state index contributed by atoms with van der Waals surface area (Å²) in [6, 6.07) is 12.2. The van der Waals surface area contributed by atoms with Crippen LogP contribution in [0.1, 0.15) is 18.7 Å². The number of methoxy groups -OCH3 is 1. The first-order chi connectivity index (χ1) is 15.2. The first-order valence-corrected chi connectivity index (χ1v) is 10.6. The Morgan fingerprint density at radius 2 is 2.29 bits per heavy atom. The number of furan rings is 1. The van der Waals surface area contributed by atoms with Crippen LogP contribution in [-0.2, 0) is 6.42 Å². The molecule has 1 fully saturated rings. The molecule has 1 atom stereocenters. The van der Waals surface area contributed by atoms with Crippen LogP contribution in [-0.4, -0.2) is 61.0 Å². The van der Waals surface area contributed by atoms with E-state index in [2.05, 4.69) is 47.8 Å². The van der Waals surface area contributed by atoms with Crippen molar-refractivity contribution in [1.82, 2.24) is 25.8 Å². The van der Waals surface area contributed by atoms with Gasteiger partial charge in [0.05, 0.1) is 13.4 Å². The van der Waals surface area contributed by atoms with Gasteiger partial charge in [-0.05, 0) is 37.1 Å². The number of nitrogens with zero attached hydrogens (tertiary/aromatic N) is 4. The lowest BCUT2D eigenvalue weighted by Crippen LogP contribution is -2.51. The second-order valence-electron chi connectivity index (χ2n) is 7.46. The Morgan fingerprint density at radius 1 is 1.35 bits per heavy atom. The highest BCUT2D eigenvalue weighted by molar-refractivity contribution is 5.80. The minimum absolute atomic E-state index is 0.321. The number of hydrogen-bond donors (Lipinski definition) is 3. The lowest BCUT2D eigenvalue weighted by Gasteiger charge is -2.35. The molecule has 0 amide bonds. The third-order valence-electron chi connectivity index (χ3n) is 5.33. The van der Waals surface area contributed by atoms with Gasteiger partial charge in [0.1, 0.15) is 11.6 Å². The normalized spacial score (nSPS) is 16.9. The SMILES string of the molecule is CN=C(NCCc1nc(-c2ccco2)n[nH]1)NC1CCCN(c2cccc(OC)c2)C1. The Morgan fingerprint density at radius 3 is 3.10 bits per heavy atom. The Bertz CT molecular complexity index is 983. The van der Waals surface area contributed by atoms with Gasteiger partial charge in [0.2, 0.25) is 5.82 Å². The van der Waals surface area contributed by atoms with Crippen LogP contribution in [0.4, 0.5) is 5.69 Å². The van der Waals surface area contributed by atoms with Gasteiger partial charge < -0.3 is 24.7 Å². The molecule has 1 aliphatic rings. The maximum Gasteiger partial charge on any atom is 0.216 e. The van der Waals surface area contributed by atoms with Gasteiger partial charge in [0.25, 0.3) is 0 Å². The first kappa shape index (κ1) is 20.8. The predicted octanol–water partition coefficient (Wildman–Crippen LogP) is 2.45. The highest BCUT2D eigenvalue weighted by atomic mass is 16.5. The fourth-order valence-electron chi connectivity index (χ4n) is 3.75. The van der Waals surface area contributed by atoms with Crippen molar-refractivity contribution in [2.75, 3.05) is 38.7 Å². The van der Waals surface area contributed by atoms with Crippen molar-refractivity contribution >= 4 is 11.6 Å². The number of nitrogens with one attached hydrogen (secondary N) is 3. The number of benzene rings is 1. The van der Waals surface area contributed by atoms with Crippen LogP contribution in [0.3, 0.4) is 0 Å². The van der Waals surface area contributed by atoms with Crippen molar-refractivity contribution in [3.8, 4) is 17.3 Å². The molecule has 1 saturated heterocycles. The van der Waals surface area contributed by atoms with E-state index < -0.39 is 0 Å². The Hall–Kier alpha value is -3.49. The molecule has 1 aromatic carbocycles. The molecule has 0 spiro atoms. The topological polar surface area (TPSA) is 104 Å². The molecule has 3 aromatic rings. The third kappa shape index (κ3) is 5.36. The molecule has 9 heteroatoms. The summed E-state index contributed by atoms with van der Waals surface area (Å²) in [4.78, 5) is 11.2. The number of guanidine groups is 1. The van der Waals surface area contributed by atoms with Gasteiger partial charge >= 0.3 is 0 Å². The van der Waals surface area contributed by atoms with Crippen molar-refractivity contribution in [2.24, 2.45) is 4.99 Å². The molecule has 1 aliphatic heterocycles. The second-order valence-corrected chi connectivity index (χ2v) is 7.46. The average molecular weight is 424 g/mol. The number of hydrogen-bond acceptors (Lipinski definition) is 6. The first-order valence-electron chi connectivity index (χ1n) is 10.6. The summed E-state index contributed by atoms with van der Waals surface area (Å²) in [5, 5.41) is 14.1. The van der Waals surface area contributed by atoms with Crippen molar-refractivity contribution in [3.63, 3.8) is 0 Å². The molecule has 0 aliphatic carbocycles. The summed E-state index contributed by atoms with van der Waals surface area (Å²) >= 11 is 0. The fraction of sp³-hybridized carbons (Fsp3) is 0.409. The van der Waals surface area contributed by atoms with Gasteiger partial charge in [-0.1, -0.05) is 6.07 Å². The molecule has 164 valence electrons. The highest BCUT2D eigenvalue weighted by Crippen LogP contribution is 2.24. The van der Waals surface area contributed by atoms with Gasteiger partial charge in [-0.25, -0.2) is 4.98 Å². The molecule has 0 saturated carbocycles. The number of ether oxygens (including phenoxy) is 1. The fourth-order valence-corrected chi connectivity index (χ4v) is 3.75. The molecule has 4 rings (SSSR count). The van der Waals surface area contributed by atoms with E-state index in [1.54, 1.807) is 20.4 Å².